The predicted octanol–water partition coefficient (Wildman–Crippen LogP) is 3.62. The van der Waals surface area contributed by atoms with E-state index >= 15 is 0 Å². The van der Waals surface area contributed by atoms with E-state index in [1.807, 2.05) is 12.1 Å². The molecule has 0 unspecified atom stereocenters. The Balaban J connectivity index is 2.28. The van der Waals surface area contributed by atoms with Gasteiger partial charge in [-0.15, -0.1) is 0 Å². The lowest BCUT2D eigenvalue weighted by atomic mass is 9.95. The van der Waals surface area contributed by atoms with Crippen LogP contribution in [0, 0.1) is 6.92 Å². The summed E-state index contributed by atoms with van der Waals surface area (Å²) in [6, 6.07) is 15.6. The molecule has 1 N–H and O–H groups in total. The van der Waals surface area contributed by atoms with Crippen LogP contribution in [-0.4, -0.2) is 16.5 Å². The molecule has 2 rings (SSSR count). The average molecular weight is 254 g/mol. The van der Waals surface area contributed by atoms with Crippen molar-refractivity contribution in [1.29, 1.82) is 0 Å². The van der Waals surface area contributed by atoms with Gasteiger partial charge in [-0.05, 0) is 31.9 Å². The van der Waals surface area contributed by atoms with Gasteiger partial charge in [-0.2, -0.15) is 0 Å². The van der Waals surface area contributed by atoms with Crippen molar-refractivity contribution in [2.75, 3.05) is 0 Å². The van der Waals surface area contributed by atoms with Crippen LogP contribution in [0.15, 0.2) is 48.5 Å². The van der Waals surface area contributed by atoms with Crippen LogP contribution in [0.4, 0.5) is 0 Å². The standard InChI is InChI=1S/C17H18O2/c1-12-4-6-13(7-5-12)14-8-10-15(11-9-14)16(18)17(2,3)19/h4-11,19H,1-3H3. The van der Waals surface area contributed by atoms with Crippen LogP contribution >= 0.6 is 0 Å². The van der Waals surface area contributed by atoms with Gasteiger partial charge < -0.3 is 5.11 Å². The lowest BCUT2D eigenvalue weighted by Gasteiger charge is -2.15. The number of rotatable bonds is 3. The van der Waals surface area contributed by atoms with E-state index in [-0.39, 0.29) is 5.78 Å². The van der Waals surface area contributed by atoms with Gasteiger partial charge >= 0.3 is 0 Å². The van der Waals surface area contributed by atoms with Gasteiger partial charge in [-0.1, -0.05) is 54.1 Å². The monoisotopic (exact) mass is 254 g/mol. The Labute approximate surface area is 113 Å². The number of aryl methyl sites for hydroxylation is 1. The highest BCUT2D eigenvalue weighted by Crippen LogP contribution is 2.21. The lowest BCUT2D eigenvalue weighted by Crippen LogP contribution is -2.30. The highest BCUT2D eigenvalue weighted by Gasteiger charge is 2.24. The molecule has 0 saturated carbocycles. The van der Waals surface area contributed by atoms with Gasteiger partial charge in [0, 0.05) is 5.56 Å². The maximum Gasteiger partial charge on any atom is 0.193 e. The average Bonchev–Trinajstić information content (AvgIpc) is 2.38. The van der Waals surface area contributed by atoms with E-state index in [4.69, 9.17) is 0 Å². The molecule has 0 aliphatic heterocycles. The van der Waals surface area contributed by atoms with Crippen molar-refractivity contribution < 1.29 is 9.90 Å². The Morgan fingerprint density at radius 1 is 0.895 bits per heavy atom. The first-order valence-electron chi connectivity index (χ1n) is 6.32. The fraction of sp³-hybridized carbons (Fsp3) is 0.235. The number of carbonyl (C=O) groups excluding carboxylic acids is 1. The number of hydrogen-bond donors (Lipinski definition) is 1. The summed E-state index contributed by atoms with van der Waals surface area (Å²) in [6.45, 7) is 5.06. The van der Waals surface area contributed by atoms with E-state index in [0.717, 1.165) is 11.1 Å². The molecule has 0 heterocycles. The van der Waals surface area contributed by atoms with E-state index in [1.54, 1.807) is 12.1 Å². The van der Waals surface area contributed by atoms with Crippen LogP contribution in [0.3, 0.4) is 0 Å². The van der Waals surface area contributed by atoms with Crippen LogP contribution in [0.5, 0.6) is 0 Å². The number of carbonyl (C=O) groups is 1. The smallest absolute Gasteiger partial charge is 0.193 e. The molecular weight excluding hydrogens is 236 g/mol. The third-order valence-electron chi connectivity index (χ3n) is 3.09. The molecule has 0 spiro atoms. The number of hydrogen-bond acceptors (Lipinski definition) is 2. The van der Waals surface area contributed by atoms with Crippen LogP contribution in [0.2, 0.25) is 0 Å². The molecular formula is C17H18O2. The fourth-order valence-electron chi connectivity index (χ4n) is 1.91. The molecule has 0 saturated heterocycles. The zero-order valence-electron chi connectivity index (χ0n) is 11.5. The number of benzene rings is 2. The SMILES string of the molecule is Cc1ccc(-c2ccc(C(=O)C(C)(C)O)cc2)cc1. The minimum atomic E-state index is -1.33. The second-order valence-corrected chi connectivity index (χ2v) is 5.33. The molecule has 0 bridgehead atoms. The van der Waals surface area contributed by atoms with Crippen molar-refractivity contribution in [2.24, 2.45) is 0 Å². The summed E-state index contributed by atoms with van der Waals surface area (Å²) in [5.41, 5.74) is 2.60. The van der Waals surface area contributed by atoms with Crippen molar-refractivity contribution in [3.05, 3.63) is 59.7 Å². The van der Waals surface area contributed by atoms with Gasteiger partial charge in [0.1, 0.15) is 5.60 Å². The topological polar surface area (TPSA) is 37.3 Å². The van der Waals surface area contributed by atoms with Crippen molar-refractivity contribution in [2.45, 2.75) is 26.4 Å². The second-order valence-electron chi connectivity index (χ2n) is 5.33. The van der Waals surface area contributed by atoms with Gasteiger partial charge in [-0.25, -0.2) is 0 Å². The van der Waals surface area contributed by atoms with Crippen LogP contribution < -0.4 is 0 Å². The number of ketones is 1. The highest BCUT2D eigenvalue weighted by atomic mass is 16.3. The third kappa shape index (κ3) is 3.09. The van der Waals surface area contributed by atoms with Gasteiger partial charge in [-0.3, -0.25) is 4.79 Å². The Morgan fingerprint density at radius 3 is 1.74 bits per heavy atom. The molecule has 2 heteroatoms. The maximum atomic E-state index is 11.9. The van der Waals surface area contributed by atoms with Crippen LogP contribution in [0.1, 0.15) is 29.8 Å². The predicted molar refractivity (Wildman–Crippen MR) is 77.2 cm³/mol. The summed E-state index contributed by atoms with van der Waals surface area (Å²) >= 11 is 0. The summed E-state index contributed by atoms with van der Waals surface area (Å²) in [6.07, 6.45) is 0. The van der Waals surface area contributed by atoms with E-state index in [0.29, 0.717) is 5.56 Å². The van der Waals surface area contributed by atoms with E-state index < -0.39 is 5.60 Å². The molecule has 2 aromatic carbocycles. The first-order valence-corrected chi connectivity index (χ1v) is 6.32. The normalized spacial score (nSPS) is 11.4. The summed E-state index contributed by atoms with van der Waals surface area (Å²) in [5, 5.41) is 9.71. The summed E-state index contributed by atoms with van der Waals surface area (Å²) in [4.78, 5) is 11.9. The molecule has 0 fully saturated rings. The molecule has 0 radical (unpaired) electrons. The molecule has 2 aromatic rings. The fourth-order valence-corrected chi connectivity index (χ4v) is 1.91. The van der Waals surface area contributed by atoms with Gasteiger partial charge in [0.15, 0.2) is 5.78 Å². The zero-order chi connectivity index (χ0) is 14.0. The Kier molecular flexibility index (Phi) is 3.54. The summed E-state index contributed by atoms with van der Waals surface area (Å²) in [5.74, 6) is -0.261. The molecule has 2 nitrogen and oxygen atoms in total. The first-order chi connectivity index (χ1) is 8.88. The van der Waals surface area contributed by atoms with Crippen LogP contribution in [0.25, 0.3) is 11.1 Å². The van der Waals surface area contributed by atoms with Crippen LogP contribution in [-0.2, 0) is 0 Å². The first kappa shape index (κ1) is 13.5. The third-order valence-corrected chi connectivity index (χ3v) is 3.09. The summed E-state index contributed by atoms with van der Waals surface area (Å²) < 4.78 is 0. The van der Waals surface area contributed by atoms with Crippen molar-refractivity contribution in [1.82, 2.24) is 0 Å². The second kappa shape index (κ2) is 4.98. The molecule has 0 aliphatic rings. The van der Waals surface area contributed by atoms with Gasteiger partial charge in [0.25, 0.3) is 0 Å². The number of Topliss-reactive ketones (excluding diaryl/α,β-unsaturated/α-hetero) is 1. The largest absolute Gasteiger partial charge is 0.382 e. The Bertz CT molecular complexity index is 572. The Hall–Kier alpha value is -1.93. The van der Waals surface area contributed by atoms with E-state index in [2.05, 4.69) is 31.2 Å². The molecule has 0 aliphatic carbocycles. The molecule has 0 amide bonds. The number of aliphatic hydroxyl groups is 1. The van der Waals surface area contributed by atoms with E-state index in [9.17, 15) is 9.90 Å². The molecule has 19 heavy (non-hydrogen) atoms. The highest BCUT2D eigenvalue weighted by molar-refractivity contribution is 6.02. The van der Waals surface area contributed by atoms with Gasteiger partial charge in [0.2, 0.25) is 0 Å². The Morgan fingerprint density at radius 2 is 1.32 bits per heavy atom. The summed E-state index contributed by atoms with van der Waals surface area (Å²) in [7, 11) is 0. The van der Waals surface area contributed by atoms with Gasteiger partial charge in [0.05, 0.1) is 0 Å². The molecule has 98 valence electrons. The minimum absolute atomic E-state index is 0.261. The van der Waals surface area contributed by atoms with Crippen molar-refractivity contribution >= 4 is 5.78 Å². The molecule has 0 atom stereocenters. The van der Waals surface area contributed by atoms with E-state index in [1.165, 1.54) is 19.4 Å². The van der Waals surface area contributed by atoms with Crippen molar-refractivity contribution in [3.8, 4) is 11.1 Å². The van der Waals surface area contributed by atoms with Crippen molar-refractivity contribution in [3.63, 3.8) is 0 Å². The maximum absolute atomic E-state index is 11.9. The lowest BCUT2D eigenvalue weighted by molar-refractivity contribution is 0.0488. The molecule has 0 aromatic heterocycles. The quantitative estimate of drug-likeness (QED) is 0.849. The minimum Gasteiger partial charge on any atom is -0.382 e. The zero-order valence-corrected chi connectivity index (χ0v) is 11.5.